The summed E-state index contributed by atoms with van der Waals surface area (Å²) in [6, 6.07) is 6.29. The summed E-state index contributed by atoms with van der Waals surface area (Å²) in [6.07, 6.45) is -0.240. The summed E-state index contributed by atoms with van der Waals surface area (Å²) >= 11 is 3.64. The Morgan fingerprint density at radius 1 is 1.24 bits per heavy atom. The summed E-state index contributed by atoms with van der Waals surface area (Å²) in [7, 11) is 0. The molecule has 0 saturated carbocycles. The number of ether oxygens (including phenoxy) is 1. The van der Waals surface area contributed by atoms with Gasteiger partial charge in [0, 0.05) is 19.5 Å². The summed E-state index contributed by atoms with van der Waals surface area (Å²) in [4.78, 5) is 45.7. The number of aliphatic hydroxyl groups excluding tert-OH is 1. The van der Waals surface area contributed by atoms with Crippen LogP contribution >= 0.6 is 33.9 Å². The number of aryl methyl sites for hydroxylation is 1. The van der Waals surface area contributed by atoms with E-state index in [2.05, 4.69) is 38.2 Å². The molecule has 2 aromatic rings. The molecule has 1 aromatic carbocycles. The van der Waals surface area contributed by atoms with Crippen LogP contribution in [0.3, 0.4) is 0 Å². The highest BCUT2D eigenvalue weighted by atomic mass is 127. The molecule has 9 nitrogen and oxygen atoms in total. The molecular formula is C26H35IN4O5S. The van der Waals surface area contributed by atoms with E-state index in [1.165, 1.54) is 4.90 Å². The molecule has 0 aliphatic carbocycles. The van der Waals surface area contributed by atoms with Gasteiger partial charge in [-0.3, -0.25) is 14.4 Å². The lowest BCUT2D eigenvalue weighted by Gasteiger charge is -2.29. The molecule has 1 aliphatic heterocycles. The fourth-order valence-corrected chi connectivity index (χ4v) is 5.28. The predicted molar refractivity (Wildman–Crippen MR) is 151 cm³/mol. The maximum absolute atomic E-state index is 13.4. The number of nitrogens with zero attached hydrogens (tertiary/aromatic N) is 2. The van der Waals surface area contributed by atoms with E-state index in [4.69, 9.17) is 4.74 Å². The average molecular weight is 643 g/mol. The van der Waals surface area contributed by atoms with Crippen molar-refractivity contribution in [3.05, 3.63) is 41.0 Å². The summed E-state index contributed by atoms with van der Waals surface area (Å²) in [6.45, 7) is 7.90. The Labute approximate surface area is 235 Å². The summed E-state index contributed by atoms with van der Waals surface area (Å²) in [5.41, 5.74) is 4.79. The smallest absolute Gasteiger partial charge is 0.246 e. The van der Waals surface area contributed by atoms with E-state index >= 15 is 0 Å². The van der Waals surface area contributed by atoms with Crippen molar-refractivity contribution < 1.29 is 24.2 Å². The van der Waals surface area contributed by atoms with Crippen LogP contribution < -0.4 is 10.6 Å². The highest BCUT2D eigenvalue weighted by Crippen LogP contribution is 2.27. The van der Waals surface area contributed by atoms with Crippen molar-refractivity contribution in [1.82, 2.24) is 20.5 Å². The van der Waals surface area contributed by atoms with Gasteiger partial charge in [-0.05, 0) is 37.3 Å². The molecule has 0 spiro atoms. The lowest BCUT2D eigenvalue weighted by molar-refractivity contribution is -0.142. The van der Waals surface area contributed by atoms with Gasteiger partial charge in [0.1, 0.15) is 22.8 Å². The van der Waals surface area contributed by atoms with Crippen LogP contribution in [0.5, 0.6) is 0 Å². The van der Waals surface area contributed by atoms with Crippen LogP contribution in [0.4, 0.5) is 0 Å². The molecule has 4 atom stereocenters. The molecule has 1 aliphatic rings. The number of carbonyl (C=O) groups excluding carboxylic acids is 3. The van der Waals surface area contributed by atoms with Crippen molar-refractivity contribution in [3.8, 4) is 10.4 Å². The zero-order valence-electron chi connectivity index (χ0n) is 21.6. The molecule has 1 saturated heterocycles. The lowest BCUT2D eigenvalue weighted by atomic mass is 10.0. The van der Waals surface area contributed by atoms with Gasteiger partial charge in [0.05, 0.1) is 22.2 Å². The fourth-order valence-electron chi connectivity index (χ4n) is 4.29. The standard InChI is InChI=1S/C26H35IN4O5S/c1-15(2)9-21(30-23(33)13-36-17(4)27)26(35)31-12-20(32)10-22(31)25(34)28-11-18-5-7-19(8-6-18)24-16(3)29-14-37-24/h5-8,14-15,17,20-22,32H,9-13H2,1-4H3,(H,28,34)(H,30,33). The number of aromatic nitrogens is 1. The van der Waals surface area contributed by atoms with Crippen molar-refractivity contribution in [2.24, 2.45) is 5.92 Å². The number of benzene rings is 1. The second-order valence-corrected chi connectivity index (χ2v) is 12.3. The topological polar surface area (TPSA) is 121 Å². The molecule has 0 bridgehead atoms. The van der Waals surface area contributed by atoms with Crippen LogP contribution in [0, 0.1) is 12.8 Å². The SMILES string of the molecule is Cc1ncsc1-c1ccc(CNC(=O)C2CC(O)CN2C(=O)C(CC(C)C)NC(=O)COC(C)I)cc1. The second-order valence-electron chi connectivity index (χ2n) is 9.68. The maximum Gasteiger partial charge on any atom is 0.246 e. The maximum atomic E-state index is 13.4. The number of alkyl halides is 1. The molecule has 3 amide bonds. The number of halogens is 1. The Morgan fingerprint density at radius 3 is 2.54 bits per heavy atom. The first-order chi connectivity index (χ1) is 17.5. The van der Waals surface area contributed by atoms with E-state index in [0.717, 1.165) is 21.7 Å². The van der Waals surface area contributed by atoms with Crippen molar-refractivity contribution in [3.63, 3.8) is 0 Å². The molecule has 3 rings (SSSR count). The van der Waals surface area contributed by atoms with Gasteiger partial charge in [0.2, 0.25) is 17.7 Å². The van der Waals surface area contributed by atoms with Crippen molar-refractivity contribution in [2.45, 2.75) is 69.4 Å². The van der Waals surface area contributed by atoms with Crippen LogP contribution in [-0.4, -0.2) is 68.2 Å². The van der Waals surface area contributed by atoms with Gasteiger partial charge in [-0.25, -0.2) is 4.98 Å². The minimum atomic E-state index is -0.807. The minimum Gasteiger partial charge on any atom is -0.391 e. The first kappa shape index (κ1) is 29.5. The van der Waals surface area contributed by atoms with Crippen LogP contribution in [0.25, 0.3) is 10.4 Å². The molecule has 0 radical (unpaired) electrons. The predicted octanol–water partition coefficient (Wildman–Crippen LogP) is 3.03. The number of nitrogens with one attached hydrogen (secondary N) is 2. The Morgan fingerprint density at radius 2 is 1.95 bits per heavy atom. The molecule has 2 heterocycles. The van der Waals surface area contributed by atoms with Crippen LogP contribution in [0.2, 0.25) is 0 Å². The first-order valence-electron chi connectivity index (χ1n) is 12.4. The zero-order valence-corrected chi connectivity index (χ0v) is 24.5. The lowest BCUT2D eigenvalue weighted by Crippen LogP contribution is -2.54. The zero-order chi connectivity index (χ0) is 27.1. The molecule has 202 valence electrons. The van der Waals surface area contributed by atoms with Gasteiger partial charge in [-0.1, -0.05) is 60.7 Å². The van der Waals surface area contributed by atoms with E-state index in [9.17, 15) is 19.5 Å². The van der Waals surface area contributed by atoms with Gasteiger partial charge in [0.15, 0.2) is 0 Å². The Kier molecular flexibility index (Phi) is 10.9. The van der Waals surface area contributed by atoms with Gasteiger partial charge in [0.25, 0.3) is 0 Å². The molecule has 1 aromatic heterocycles. The van der Waals surface area contributed by atoms with Crippen molar-refractivity contribution in [2.75, 3.05) is 13.2 Å². The summed E-state index contributed by atoms with van der Waals surface area (Å²) in [5.74, 6) is -0.954. The Balaban J connectivity index is 1.63. The van der Waals surface area contributed by atoms with Crippen molar-refractivity contribution >= 4 is 51.6 Å². The minimum absolute atomic E-state index is 0.0472. The third-order valence-electron chi connectivity index (χ3n) is 6.08. The Bertz CT molecular complexity index is 1080. The van der Waals surface area contributed by atoms with Gasteiger partial charge in [-0.2, -0.15) is 0 Å². The summed E-state index contributed by atoms with van der Waals surface area (Å²) < 4.78 is 5.20. The van der Waals surface area contributed by atoms with Gasteiger partial charge in [-0.15, -0.1) is 11.3 Å². The second kappa shape index (κ2) is 13.6. The number of thiazole rings is 1. The number of likely N-dealkylation sites (tertiary alicyclic amines) is 1. The molecule has 3 N–H and O–H groups in total. The third-order valence-corrected chi connectivity index (χ3v) is 7.41. The average Bonchev–Trinajstić information content (AvgIpc) is 3.45. The number of β-amino-alcohol motifs (C(OH)–C–C–N with tert-alkyl or cyclic N) is 1. The first-order valence-corrected chi connectivity index (χ1v) is 14.5. The number of hydrogen-bond acceptors (Lipinski definition) is 7. The number of hydrogen-bond donors (Lipinski definition) is 3. The number of rotatable bonds is 11. The largest absolute Gasteiger partial charge is 0.391 e. The molecule has 11 heteroatoms. The van der Waals surface area contributed by atoms with Crippen LogP contribution in [0.15, 0.2) is 29.8 Å². The van der Waals surface area contributed by atoms with E-state index in [0.29, 0.717) is 13.0 Å². The van der Waals surface area contributed by atoms with E-state index in [1.54, 1.807) is 11.3 Å². The van der Waals surface area contributed by atoms with Gasteiger partial charge >= 0.3 is 0 Å². The van der Waals surface area contributed by atoms with E-state index < -0.39 is 18.2 Å². The van der Waals surface area contributed by atoms with E-state index in [1.807, 2.05) is 57.5 Å². The number of amides is 3. The normalized spacial score (nSPS) is 19.1. The fraction of sp³-hybridized carbons (Fsp3) is 0.538. The monoisotopic (exact) mass is 642 g/mol. The highest BCUT2D eigenvalue weighted by Gasteiger charge is 2.41. The number of carbonyl (C=O) groups is 3. The van der Waals surface area contributed by atoms with Crippen molar-refractivity contribution in [1.29, 1.82) is 0 Å². The van der Waals surface area contributed by atoms with E-state index in [-0.39, 0.29) is 47.3 Å². The summed E-state index contributed by atoms with van der Waals surface area (Å²) in [5, 5.41) is 16.0. The molecule has 4 unspecified atom stereocenters. The number of aliphatic hydroxyl groups is 1. The third kappa shape index (κ3) is 8.45. The van der Waals surface area contributed by atoms with Gasteiger partial charge < -0.3 is 25.4 Å². The molecule has 37 heavy (non-hydrogen) atoms. The quantitative estimate of drug-likeness (QED) is 0.256. The molecule has 1 fully saturated rings. The van der Waals surface area contributed by atoms with Crippen LogP contribution in [0.1, 0.15) is 44.9 Å². The molecular weight excluding hydrogens is 607 g/mol. The highest BCUT2D eigenvalue weighted by molar-refractivity contribution is 14.1. The van der Waals surface area contributed by atoms with Crippen LogP contribution in [-0.2, 0) is 25.7 Å². The Hall–Kier alpha value is -2.09.